The smallest absolute Gasteiger partial charge is 0.326 e. The number of hydrogen-bond acceptors (Lipinski definition) is 9. The van der Waals surface area contributed by atoms with E-state index in [9.17, 15) is 29.1 Å². The van der Waals surface area contributed by atoms with E-state index < -0.39 is 60.2 Å². The summed E-state index contributed by atoms with van der Waals surface area (Å²) in [7, 11) is 0. The number of carbonyl (C=O) groups excluding carboxylic acids is 3. The van der Waals surface area contributed by atoms with Crippen molar-refractivity contribution in [1.29, 1.82) is 0 Å². The lowest BCUT2D eigenvalue weighted by atomic mass is 10.0. The van der Waals surface area contributed by atoms with Crippen molar-refractivity contribution in [3.8, 4) is 0 Å². The molecule has 0 radical (unpaired) electrons. The van der Waals surface area contributed by atoms with Gasteiger partial charge in [-0.25, -0.2) is 4.79 Å². The number of carbonyl (C=O) groups is 5. The quantitative estimate of drug-likeness (QED) is 0.0696. The van der Waals surface area contributed by atoms with Gasteiger partial charge >= 0.3 is 11.9 Å². The summed E-state index contributed by atoms with van der Waals surface area (Å²) in [6.45, 7) is 1.24. The molecule has 0 spiro atoms. The van der Waals surface area contributed by atoms with E-state index in [2.05, 4.69) is 16.0 Å². The Hall–Kier alpha value is -2.81. The summed E-state index contributed by atoms with van der Waals surface area (Å²) in [6.07, 6.45) is 3.62. The molecule has 0 aromatic carbocycles. The van der Waals surface area contributed by atoms with Crippen molar-refractivity contribution in [2.24, 2.45) is 22.9 Å². The van der Waals surface area contributed by atoms with Gasteiger partial charge in [-0.1, -0.05) is 6.42 Å². The van der Waals surface area contributed by atoms with Gasteiger partial charge in [-0.15, -0.1) is 0 Å². The van der Waals surface area contributed by atoms with E-state index >= 15 is 0 Å². The van der Waals surface area contributed by atoms with Crippen LogP contribution in [0.5, 0.6) is 0 Å². The Morgan fingerprint density at radius 1 is 0.568 bits per heavy atom. The zero-order chi connectivity index (χ0) is 28.2. The number of hydrogen-bond donors (Lipinski definition) is 9. The maximum Gasteiger partial charge on any atom is 0.326 e. The lowest BCUT2D eigenvalue weighted by Crippen LogP contribution is -2.57. The number of unbranched alkanes of at least 4 members (excludes halogenated alkanes) is 3. The van der Waals surface area contributed by atoms with Crippen LogP contribution in [0.25, 0.3) is 0 Å². The lowest BCUT2D eigenvalue weighted by Gasteiger charge is -2.25. The Bertz CT molecular complexity index is 724. The summed E-state index contributed by atoms with van der Waals surface area (Å²) >= 11 is 0. The van der Waals surface area contributed by atoms with Gasteiger partial charge < -0.3 is 49.1 Å². The van der Waals surface area contributed by atoms with Crippen LogP contribution < -0.4 is 38.9 Å². The molecule has 0 fully saturated rings. The number of nitrogens with two attached hydrogens (primary N) is 4. The molecule has 214 valence electrons. The number of amides is 3. The lowest BCUT2D eigenvalue weighted by molar-refractivity contribution is -0.143. The minimum Gasteiger partial charge on any atom is -0.481 e. The molecule has 0 aliphatic rings. The zero-order valence-electron chi connectivity index (χ0n) is 21.5. The number of aliphatic carboxylic acids is 2. The normalized spacial score (nSPS) is 14.2. The summed E-state index contributed by atoms with van der Waals surface area (Å²) in [4.78, 5) is 60.9. The summed E-state index contributed by atoms with van der Waals surface area (Å²) in [5, 5.41) is 25.8. The van der Waals surface area contributed by atoms with Gasteiger partial charge in [0.15, 0.2) is 0 Å². The number of carboxylic acids is 2. The van der Waals surface area contributed by atoms with Crippen molar-refractivity contribution in [1.82, 2.24) is 16.0 Å². The molecule has 0 heterocycles. The van der Waals surface area contributed by atoms with Gasteiger partial charge in [-0.05, 0) is 77.4 Å². The first-order valence-corrected chi connectivity index (χ1v) is 12.8. The first kappa shape index (κ1) is 34.2. The summed E-state index contributed by atoms with van der Waals surface area (Å²) in [6, 6.07) is -4.36. The van der Waals surface area contributed by atoms with E-state index in [0.717, 1.165) is 0 Å². The molecule has 37 heavy (non-hydrogen) atoms. The molecule has 3 amide bonds. The van der Waals surface area contributed by atoms with Crippen LogP contribution >= 0.6 is 0 Å². The van der Waals surface area contributed by atoms with E-state index in [1.807, 2.05) is 0 Å². The van der Waals surface area contributed by atoms with Crippen molar-refractivity contribution in [2.45, 2.75) is 94.8 Å². The van der Waals surface area contributed by atoms with Crippen LogP contribution in [0.2, 0.25) is 0 Å². The van der Waals surface area contributed by atoms with Crippen molar-refractivity contribution in [3.63, 3.8) is 0 Å². The molecule has 14 nitrogen and oxygen atoms in total. The SMILES string of the molecule is NCCCCC(N)C(=O)NC(CCCCN)C(=O)NC(CCCCN)C(=O)NC(CCC(=O)O)C(=O)O. The number of nitrogens with one attached hydrogen (secondary N) is 3. The Balaban J connectivity index is 5.48. The molecule has 0 aromatic heterocycles. The van der Waals surface area contributed by atoms with Gasteiger partial charge in [0, 0.05) is 6.42 Å². The van der Waals surface area contributed by atoms with Crippen molar-refractivity contribution in [3.05, 3.63) is 0 Å². The van der Waals surface area contributed by atoms with Crippen LogP contribution in [0.15, 0.2) is 0 Å². The highest BCUT2D eigenvalue weighted by Crippen LogP contribution is 2.08. The minimum atomic E-state index is -1.44. The third kappa shape index (κ3) is 15.8. The average molecular weight is 532 g/mol. The van der Waals surface area contributed by atoms with Crippen molar-refractivity contribution < 1.29 is 34.2 Å². The second-order valence-electron chi connectivity index (χ2n) is 8.91. The number of carboxylic acid groups (broad SMARTS) is 2. The fraction of sp³-hybridized carbons (Fsp3) is 0.783. The highest BCUT2D eigenvalue weighted by atomic mass is 16.4. The zero-order valence-corrected chi connectivity index (χ0v) is 21.5. The van der Waals surface area contributed by atoms with Crippen LogP contribution in [0.4, 0.5) is 0 Å². The molecule has 13 N–H and O–H groups in total. The minimum absolute atomic E-state index is 0.169. The molecule has 0 aliphatic carbocycles. The molecular weight excluding hydrogens is 486 g/mol. The Labute approximate surface area is 217 Å². The Morgan fingerprint density at radius 3 is 1.38 bits per heavy atom. The second-order valence-corrected chi connectivity index (χ2v) is 8.91. The van der Waals surface area contributed by atoms with Crippen molar-refractivity contribution in [2.75, 3.05) is 19.6 Å². The summed E-state index contributed by atoms with van der Waals surface area (Å²) < 4.78 is 0. The monoisotopic (exact) mass is 531 g/mol. The van der Waals surface area contributed by atoms with Gasteiger partial charge in [0.25, 0.3) is 0 Å². The molecule has 14 heteroatoms. The topological polar surface area (TPSA) is 266 Å². The van der Waals surface area contributed by atoms with E-state index in [0.29, 0.717) is 64.6 Å². The Kier molecular flexibility index (Phi) is 18.7. The van der Waals surface area contributed by atoms with Gasteiger partial charge in [0.2, 0.25) is 17.7 Å². The van der Waals surface area contributed by atoms with Crippen LogP contribution in [0.3, 0.4) is 0 Å². The molecule has 0 bridgehead atoms. The van der Waals surface area contributed by atoms with Gasteiger partial charge in [-0.2, -0.15) is 0 Å². The molecule has 4 unspecified atom stereocenters. The maximum absolute atomic E-state index is 13.1. The number of rotatable bonds is 22. The van der Waals surface area contributed by atoms with Gasteiger partial charge in [0.1, 0.15) is 18.1 Å². The first-order chi connectivity index (χ1) is 17.6. The predicted molar refractivity (Wildman–Crippen MR) is 137 cm³/mol. The van der Waals surface area contributed by atoms with E-state index in [1.54, 1.807) is 0 Å². The fourth-order valence-electron chi connectivity index (χ4n) is 3.51. The standard InChI is InChI=1S/C23H45N7O7/c24-12-4-1-7-15(27)20(33)28-16(8-2-5-13-25)21(34)29-17(9-3-6-14-26)22(35)30-18(23(36)37)10-11-19(31)32/h15-18H,1-14,24-27H2,(H,28,33)(H,29,34)(H,30,35)(H,31,32)(H,36,37). The Morgan fingerprint density at radius 2 is 0.973 bits per heavy atom. The molecule has 0 aliphatic heterocycles. The maximum atomic E-state index is 13.1. The van der Waals surface area contributed by atoms with Gasteiger partial charge in [-0.3, -0.25) is 19.2 Å². The third-order valence-corrected chi connectivity index (χ3v) is 5.73. The van der Waals surface area contributed by atoms with E-state index in [1.165, 1.54) is 0 Å². The highest BCUT2D eigenvalue weighted by molar-refractivity contribution is 5.94. The van der Waals surface area contributed by atoms with Crippen LogP contribution in [0, 0.1) is 0 Å². The molecule has 0 aromatic rings. The molecule has 0 rings (SSSR count). The largest absolute Gasteiger partial charge is 0.481 e. The second kappa shape index (κ2) is 20.3. The van der Waals surface area contributed by atoms with Crippen LogP contribution in [0.1, 0.15) is 70.6 Å². The predicted octanol–water partition coefficient (Wildman–Crippen LogP) is -1.90. The first-order valence-electron chi connectivity index (χ1n) is 12.8. The van der Waals surface area contributed by atoms with E-state index in [-0.39, 0.29) is 19.3 Å². The summed E-state index contributed by atoms with van der Waals surface area (Å²) in [5.74, 6) is -4.49. The molecular formula is C23H45N7O7. The van der Waals surface area contributed by atoms with Crippen LogP contribution in [-0.2, 0) is 24.0 Å². The summed E-state index contributed by atoms with van der Waals surface area (Å²) in [5.41, 5.74) is 22.5. The molecule has 0 saturated heterocycles. The highest BCUT2D eigenvalue weighted by Gasteiger charge is 2.30. The molecule has 4 atom stereocenters. The molecule has 0 saturated carbocycles. The van der Waals surface area contributed by atoms with Crippen LogP contribution in [-0.4, -0.2) is 83.7 Å². The fourth-order valence-corrected chi connectivity index (χ4v) is 3.51. The van der Waals surface area contributed by atoms with E-state index in [4.69, 9.17) is 28.0 Å². The van der Waals surface area contributed by atoms with Gasteiger partial charge in [0.05, 0.1) is 6.04 Å². The van der Waals surface area contributed by atoms with Crippen molar-refractivity contribution >= 4 is 29.7 Å². The third-order valence-electron chi connectivity index (χ3n) is 5.73. The average Bonchev–Trinajstić information content (AvgIpc) is 2.84.